The predicted molar refractivity (Wildman–Crippen MR) is 475 cm³/mol. The van der Waals surface area contributed by atoms with Crippen LogP contribution in [0.4, 0.5) is 15.4 Å². The fourth-order valence-corrected chi connectivity index (χ4v) is 25.9. The van der Waals surface area contributed by atoms with Gasteiger partial charge in [0.05, 0.1) is 10.8 Å². The Morgan fingerprint density at radius 1 is 0.412 bits per heavy atom. The molecule has 114 heavy (non-hydrogen) atoms. The van der Waals surface area contributed by atoms with Crippen LogP contribution >= 0.6 is 34.0 Å². The van der Waals surface area contributed by atoms with Gasteiger partial charge in [-0.1, -0.05) is 313 Å². The molecule has 3 aromatic heterocycles. The van der Waals surface area contributed by atoms with Crippen molar-refractivity contribution in [3.8, 4) is 0 Å². The molecule has 1 aromatic carbocycles. The van der Waals surface area contributed by atoms with E-state index in [2.05, 4.69) is 201 Å². The van der Waals surface area contributed by atoms with Crippen molar-refractivity contribution in [2.24, 2.45) is 116 Å². The molecular formula is C84H152N12O11S7. The fourth-order valence-electron chi connectivity index (χ4n) is 18.8. The quantitative estimate of drug-likeness (QED) is 0.0156. The Morgan fingerprint density at radius 2 is 0.719 bits per heavy atom. The van der Waals surface area contributed by atoms with Crippen LogP contribution in [0.2, 0.25) is 0 Å². The van der Waals surface area contributed by atoms with Gasteiger partial charge >= 0.3 is 10.0 Å². The summed E-state index contributed by atoms with van der Waals surface area (Å²) in [6.07, 6.45) is 28.7. The summed E-state index contributed by atoms with van der Waals surface area (Å²) in [7, 11) is -13.5. The minimum atomic E-state index is -4.12. The van der Waals surface area contributed by atoms with Crippen LogP contribution in [-0.2, 0) is 60.0 Å². The smallest absolute Gasteiger partial charge is 0.303 e. The third kappa shape index (κ3) is 35.1. The van der Waals surface area contributed by atoms with Gasteiger partial charge in [0.15, 0.2) is 0 Å². The highest BCUT2D eigenvalue weighted by molar-refractivity contribution is 7.93. The summed E-state index contributed by atoms with van der Waals surface area (Å²) >= 11 is 2.28. The Balaban J connectivity index is 0.000000817. The number of nitrogens with two attached hydrogens (primary N) is 1. The molecule has 6 N–H and O–H groups in total. The number of nitrogens with one attached hydrogen (secondary N) is 4. The van der Waals surface area contributed by atoms with E-state index < -0.39 is 46.2 Å². The molecule has 0 spiro atoms. The lowest BCUT2D eigenvalue weighted by molar-refractivity contribution is -0.115. The summed E-state index contributed by atoms with van der Waals surface area (Å²) < 4.78 is 92.8. The van der Waals surface area contributed by atoms with Crippen LogP contribution in [0.1, 0.15) is 320 Å². The standard InChI is InChI=1S/C32H54N4O4S3.C26H48N4O3S2.C22H44O.C4H6N4O3S2/c1-9-22(7)26(11-3)28(13-5)29(14-6)27(12-4)24(10-2)20-21-30(42(38)25-18-16-15-17-19-25)36-43(39,40)32-35-34-31(41-32)33-23(8)37;1-9-18(7)21(11-3)23(13-5)24(14-6)22(12-4)20(10-2)16-15-17-27-35(32,33)26-30-29-25(34-26)28-19(8)31;1-8-17(7)19(10-3)21(12-5)22(13-6)20(11-4)18(9-2)15-14-16-23;1-2(9)6-3-7-8-4(12-3)13(5,10)11/h15-19,22,24,26-30,36H,9-14,20-21H2,1-8H3,(H,33,34,37);17-18,20-24H,9-16H2,1-8H3,(H,28,29,31);16-22H,8-15H2,1-7H3;1H3,(H2,5,10,11)(H,6,7,9). The molecule has 4 aromatic rings. The number of carbonyl (C=O) groups excluding carboxylic acids is 4. The Bertz CT molecular complexity index is 3730. The first kappa shape index (κ1) is 108. The van der Waals surface area contributed by atoms with Crippen LogP contribution in [0.5, 0.6) is 0 Å². The number of aromatic nitrogens is 6. The van der Waals surface area contributed by atoms with Crippen molar-refractivity contribution < 1.29 is 48.6 Å². The zero-order valence-electron chi connectivity index (χ0n) is 74.0. The Hall–Kier alpha value is -4.43. The molecule has 20 unspecified atom stereocenters. The minimum absolute atomic E-state index is 0.101. The first-order chi connectivity index (χ1) is 54.0. The number of amides is 3. The predicted octanol–water partition coefficient (Wildman–Crippen LogP) is 21.4. The Labute approximate surface area is 705 Å². The van der Waals surface area contributed by atoms with Crippen LogP contribution in [-0.4, -0.2) is 95.7 Å². The van der Waals surface area contributed by atoms with Crippen molar-refractivity contribution in [1.29, 1.82) is 0 Å². The second kappa shape index (κ2) is 56.9. The molecule has 0 aliphatic heterocycles. The number of rotatable bonds is 53. The average Bonchev–Trinajstić information content (AvgIpc) is 1.42. The van der Waals surface area contributed by atoms with Crippen LogP contribution in [0.3, 0.4) is 0 Å². The van der Waals surface area contributed by atoms with Gasteiger partial charge in [-0.05, 0) is 151 Å². The van der Waals surface area contributed by atoms with Gasteiger partial charge in [-0.3, -0.25) is 18.6 Å². The lowest BCUT2D eigenvalue weighted by atomic mass is 9.63. The van der Waals surface area contributed by atoms with E-state index in [1.54, 1.807) is 12.1 Å². The highest BCUT2D eigenvalue weighted by atomic mass is 32.3. The summed E-state index contributed by atoms with van der Waals surface area (Å²) in [4.78, 5) is 44.5. The number of hydrogen-bond acceptors (Lipinski definition) is 20. The molecule has 4 rings (SSSR count). The second-order valence-electron chi connectivity index (χ2n) is 31.1. The number of carbonyl (C=O) groups is 4. The van der Waals surface area contributed by atoms with Crippen molar-refractivity contribution in [1.82, 2.24) is 35.3 Å². The van der Waals surface area contributed by atoms with Gasteiger partial charge in [0.2, 0.25) is 41.8 Å². The zero-order chi connectivity index (χ0) is 86.6. The van der Waals surface area contributed by atoms with Crippen LogP contribution < -0.4 is 25.8 Å². The maximum Gasteiger partial charge on any atom is 0.311 e. The molecule has 0 bridgehead atoms. The molecule has 0 saturated carbocycles. The summed E-state index contributed by atoms with van der Waals surface area (Å²) in [6, 6.07) is 9.00. The third-order valence-corrected chi connectivity index (χ3v) is 33.8. The number of sulfonamides is 3. The van der Waals surface area contributed by atoms with Gasteiger partial charge in [0, 0.05) is 38.3 Å². The number of aldehydes is 1. The Morgan fingerprint density at radius 3 is 1.03 bits per heavy atom. The van der Waals surface area contributed by atoms with Crippen molar-refractivity contribution in [2.45, 2.75) is 344 Å². The first-order valence-corrected chi connectivity index (χ1v) is 51.2. The van der Waals surface area contributed by atoms with Gasteiger partial charge in [0.1, 0.15) is 11.7 Å². The lowest BCUT2D eigenvalue weighted by Crippen LogP contribution is -2.39. The van der Waals surface area contributed by atoms with Crippen LogP contribution in [0.25, 0.3) is 0 Å². The normalized spacial score (nSPS) is 17.3. The zero-order valence-corrected chi connectivity index (χ0v) is 79.8. The summed E-state index contributed by atoms with van der Waals surface area (Å²) in [5.41, 5.74) is 0. The second-order valence-corrected chi connectivity index (χ2v) is 41.1. The van der Waals surface area contributed by atoms with E-state index in [0.717, 1.165) is 146 Å². The topological polar surface area (TPSA) is 352 Å². The van der Waals surface area contributed by atoms with E-state index in [9.17, 15) is 48.6 Å². The van der Waals surface area contributed by atoms with E-state index in [4.69, 9.17) is 5.14 Å². The van der Waals surface area contributed by atoms with Crippen molar-refractivity contribution in [3.63, 3.8) is 0 Å². The SMILES string of the molecule is CC(=O)Nc1nnc(S(N)(=O)=O)s1.CCC(C)C(CC)C(CC)C(CC)C(CC)C(CC)CCC(NS(=O)(=O)c1nnc(NC(C)=O)s1)S(=O)c1ccccc1.CCC(C)C(CC)C(CC)C(CC)C(CC)C(CC)CCC=NS(=O)(=O)c1nnc(NC(C)=O)s1.CCC(C)C(CC)C(CC)C(CC)C(CC)C(CC)CCC=O. The maximum absolute atomic E-state index is 13.8. The van der Waals surface area contributed by atoms with E-state index in [0.29, 0.717) is 82.3 Å². The number of anilines is 3. The van der Waals surface area contributed by atoms with E-state index in [1.807, 2.05) is 18.2 Å². The monoisotopic (exact) mass is 1730 g/mol. The van der Waals surface area contributed by atoms with Crippen LogP contribution in [0.15, 0.2) is 52.6 Å². The number of nitrogens with zero attached hydrogens (tertiary/aromatic N) is 7. The largest absolute Gasteiger partial charge is 0.311 e. The molecule has 0 aliphatic carbocycles. The van der Waals surface area contributed by atoms with Gasteiger partial charge in [-0.15, -0.1) is 30.6 Å². The lowest BCUT2D eigenvalue weighted by Gasteiger charge is -2.42. The van der Waals surface area contributed by atoms with Gasteiger partial charge in [-0.2, -0.15) is 17.5 Å². The summed E-state index contributed by atoms with van der Waals surface area (Å²) in [6.45, 7) is 53.1. The highest BCUT2D eigenvalue weighted by Gasteiger charge is 2.40. The molecule has 3 heterocycles. The highest BCUT2D eigenvalue weighted by Crippen LogP contribution is 2.48. The number of benzene rings is 1. The first-order valence-electron chi connectivity index (χ1n) is 43.1. The van der Waals surface area contributed by atoms with Gasteiger partial charge < -0.3 is 20.7 Å². The Kier molecular flexibility index (Phi) is 53.7. The molecule has 0 saturated heterocycles. The van der Waals surface area contributed by atoms with Crippen LogP contribution in [0, 0.1) is 107 Å². The molecular weight excluding hydrogens is 1580 g/mol. The summed E-state index contributed by atoms with van der Waals surface area (Å²) in [5.74, 6) is 11.4. The van der Waals surface area contributed by atoms with Crippen molar-refractivity contribution in [2.75, 3.05) is 16.0 Å². The average molecular weight is 1730 g/mol. The maximum atomic E-state index is 13.8. The summed E-state index contributed by atoms with van der Waals surface area (Å²) in [5, 5.41) is 33.1. The molecule has 0 radical (unpaired) electrons. The van der Waals surface area contributed by atoms with Crippen molar-refractivity contribution >= 4 is 120 Å². The van der Waals surface area contributed by atoms with E-state index in [-0.39, 0.29) is 46.1 Å². The van der Waals surface area contributed by atoms with Crippen molar-refractivity contribution in [3.05, 3.63) is 30.3 Å². The van der Waals surface area contributed by atoms with Gasteiger partial charge in [0.25, 0.3) is 24.4 Å². The molecule has 0 aliphatic rings. The molecule has 3 amide bonds. The fraction of sp³-hybridized carbons (Fsp3) is 0.798. The third-order valence-electron chi connectivity index (χ3n) is 24.7. The molecule has 656 valence electrons. The van der Waals surface area contributed by atoms with E-state index in [1.165, 1.54) is 104 Å². The van der Waals surface area contributed by atoms with E-state index >= 15 is 0 Å². The molecule has 20 atom stereocenters. The molecule has 30 heteroatoms. The number of primary sulfonamides is 1. The van der Waals surface area contributed by atoms with Gasteiger partial charge in [-0.25, -0.2) is 22.0 Å². The molecule has 0 fully saturated rings. The molecule has 23 nitrogen and oxygen atoms in total. The number of hydrogen-bond donors (Lipinski definition) is 5. The minimum Gasteiger partial charge on any atom is -0.303 e.